The number of hydrogen-bond acceptors (Lipinski definition) is 3. The molecule has 0 spiro atoms. The molecule has 2 nitrogen and oxygen atoms in total. The maximum absolute atomic E-state index is 6.01. The van der Waals surface area contributed by atoms with Crippen LogP contribution in [-0.2, 0) is 0 Å². The van der Waals surface area contributed by atoms with Gasteiger partial charge in [-0.1, -0.05) is 48.2 Å². The summed E-state index contributed by atoms with van der Waals surface area (Å²) in [4.78, 5) is 7.47. The van der Waals surface area contributed by atoms with Crippen LogP contribution in [0.5, 0.6) is 0 Å². The topological polar surface area (TPSA) is 6.48 Å². The molecule has 0 amide bonds. The van der Waals surface area contributed by atoms with Crippen molar-refractivity contribution in [3.05, 3.63) is 60.2 Å². The highest BCUT2D eigenvalue weighted by Crippen LogP contribution is 2.50. The first-order valence-electron chi connectivity index (χ1n) is 9.63. The predicted molar refractivity (Wildman–Crippen MR) is 131 cm³/mol. The Morgan fingerprint density at radius 2 is 1.62 bits per heavy atom. The number of hydrogen-bond donors (Lipinski definition) is 0. The number of alkyl halides is 2. The van der Waals surface area contributed by atoms with Gasteiger partial charge in [-0.3, -0.25) is 4.90 Å². The van der Waals surface area contributed by atoms with Gasteiger partial charge >= 0.3 is 0 Å². The summed E-state index contributed by atoms with van der Waals surface area (Å²) >= 11 is 13.9. The molecule has 1 aliphatic heterocycles. The van der Waals surface area contributed by atoms with E-state index in [2.05, 4.69) is 71.3 Å². The molecule has 0 N–H and O–H groups in total. The molecule has 1 aliphatic rings. The number of halogens is 3. The molecule has 0 radical (unpaired) electrons. The van der Waals surface area contributed by atoms with Crippen molar-refractivity contribution in [1.82, 2.24) is 4.90 Å². The average Bonchev–Trinajstić information content (AvgIpc) is 2.71. The Morgan fingerprint density at radius 1 is 0.897 bits per heavy atom. The van der Waals surface area contributed by atoms with Crippen LogP contribution < -0.4 is 4.90 Å². The van der Waals surface area contributed by atoms with Gasteiger partial charge in [-0.25, -0.2) is 0 Å². The Hall–Kier alpha value is -1.10. The van der Waals surface area contributed by atoms with Gasteiger partial charge < -0.3 is 4.90 Å². The average molecular weight is 468 g/mol. The van der Waals surface area contributed by atoms with E-state index in [9.17, 15) is 0 Å². The molecule has 0 saturated heterocycles. The SMILES string of the molecule is Cc1ccc2c(c1)N(CCN(CCCl)CCCl)c1c(ccc3ccccc13)S2.Cl. The number of nitrogens with zero attached hydrogens (tertiary/aromatic N) is 2. The van der Waals surface area contributed by atoms with Gasteiger partial charge in [-0.05, 0) is 36.1 Å². The first-order valence-corrected chi connectivity index (χ1v) is 11.5. The van der Waals surface area contributed by atoms with Crippen molar-refractivity contribution in [2.75, 3.05) is 42.8 Å². The van der Waals surface area contributed by atoms with Crippen molar-refractivity contribution >= 4 is 69.5 Å². The van der Waals surface area contributed by atoms with Gasteiger partial charge in [0.1, 0.15) is 0 Å². The molecule has 0 aliphatic carbocycles. The van der Waals surface area contributed by atoms with E-state index in [1.54, 1.807) is 0 Å². The molecule has 3 aromatic carbocycles. The van der Waals surface area contributed by atoms with Crippen LogP contribution in [0.25, 0.3) is 10.8 Å². The van der Waals surface area contributed by atoms with Gasteiger partial charge in [0.2, 0.25) is 0 Å². The van der Waals surface area contributed by atoms with E-state index in [1.807, 2.05) is 11.8 Å². The molecule has 154 valence electrons. The molecule has 29 heavy (non-hydrogen) atoms. The van der Waals surface area contributed by atoms with Crippen molar-refractivity contribution in [1.29, 1.82) is 0 Å². The summed E-state index contributed by atoms with van der Waals surface area (Å²) in [5.74, 6) is 1.25. The van der Waals surface area contributed by atoms with Crippen molar-refractivity contribution in [3.8, 4) is 0 Å². The Labute approximate surface area is 193 Å². The van der Waals surface area contributed by atoms with E-state index in [1.165, 1.54) is 37.5 Å². The lowest BCUT2D eigenvalue weighted by atomic mass is 10.1. The van der Waals surface area contributed by atoms with E-state index < -0.39 is 0 Å². The van der Waals surface area contributed by atoms with Crippen LogP contribution in [0.3, 0.4) is 0 Å². The van der Waals surface area contributed by atoms with Crippen molar-refractivity contribution in [3.63, 3.8) is 0 Å². The van der Waals surface area contributed by atoms with Gasteiger partial charge in [0.25, 0.3) is 0 Å². The Morgan fingerprint density at radius 3 is 2.38 bits per heavy atom. The van der Waals surface area contributed by atoms with Gasteiger partial charge in [0.15, 0.2) is 0 Å². The van der Waals surface area contributed by atoms with E-state index >= 15 is 0 Å². The molecule has 0 aromatic heterocycles. The second-order valence-corrected chi connectivity index (χ2v) is 8.92. The molecule has 0 fully saturated rings. The number of aryl methyl sites for hydroxylation is 1. The molecule has 3 aromatic rings. The maximum atomic E-state index is 6.01. The third kappa shape index (κ3) is 4.81. The normalized spacial score (nSPS) is 12.6. The lowest BCUT2D eigenvalue weighted by Crippen LogP contribution is -2.36. The molecule has 4 rings (SSSR count). The zero-order valence-electron chi connectivity index (χ0n) is 16.4. The lowest BCUT2D eigenvalue weighted by molar-refractivity contribution is 0.315. The van der Waals surface area contributed by atoms with Crippen LogP contribution in [0.2, 0.25) is 0 Å². The summed E-state index contributed by atoms with van der Waals surface area (Å²) < 4.78 is 0. The molecule has 0 saturated carbocycles. The zero-order valence-corrected chi connectivity index (χ0v) is 19.6. The summed E-state index contributed by atoms with van der Waals surface area (Å²) in [6.07, 6.45) is 0. The van der Waals surface area contributed by atoms with Crippen LogP contribution in [0.15, 0.2) is 64.4 Å². The van der Waals surface area contributed by atoms with Crippen LogP contribution in [-0.4, -0.2) is 42.8 Å². The standard InChI is InChI=1S/C23H24Cl2N2S.ClH/c1-17-6-8-21-20(16-17)27(15-14-26(12-10-24)13-11-25)23-19-5-3-2-4-18(19)7-9-22(23)28-21;/h2-9,16H,10-15H2,1H3;1H. The van der Waals surface area contributed by atoms with E-state index in [0.29, 0.717) is 11.8 Å². The number of rotatable bonds is 7. The quantitative estimate of drug-likeness (QED) is 0.347. The Kier molecular flexibility index (Phi) is 8.00. The number of fused-ring (bicyclic) bond motifs is 4. The molecule has 0 bridgehead atoms. The monoisotopic (exact) mass is 466 g/mol. The van der Waals surface area contributed by atoms with Crippen molar-refractivity contribution < 1.29 is 0 Å². The lowest BCUT2D eigenvalue weighted by Gasteiger charge is -2.35. The summed E-state index contributed by atoms with van der Waals surface area (Å²) in [5.41, 5.74) is 3.90. The fourth-order valence-electron chi connectivity index (χ4n) is 3.81. The number of anilines is 2. The minimum absolute atomic E-state index is 0. The first kappa shape index (κ1) is 22.6. The minimum Gasteiger partial charge on any atom is -0.338 e. The second-order valence-electron chi connectivity index (χ2n) is 7.08. The summed E-state index contributed by atoms with van der Waals surface area (Å²) in [6, 6.07) is 19.9. The highest BCUT2D eigenvalue weighted by molar-refractivity contribution is 7.99. The van der Waals surface area contributed by atoms with Crippen LogP contribution in [0, 0.1) is 6.92 Å². The molecular weight excluding hydrogens is 443 g/mol. The second kappa shape index (κ2) is 10.3. The molecule has 6 heteroatoms. The summed E-state index contributed by atoms with van der Waals surface area (Å²) in [6.45, 7) is 5.72. The minimum atomic E-state index is 0. The predicted octanol–water partition coefficient (Wildman–Crippen LogP) is 6.95. The van der Waals surface area contributed by atoms with Gasteiger partial charge in [0.05, 0.1) is 11.4 Å². The third-order valence-corrected chi connectivity index (χ3v) is 6.65. The molecule has 0 unspecified atom stereocenters. The third-order valence-electron chi connectivity index (χ3n) is 5.20. The molecular formula is C23H25Cl3N2S. The molecule has 0 atom stereocenters. The highest BCUT2D eigenvalue weighted by atomic mass is 35.5. The smallest absolute Gasteiger partial charge is 0.0632 e. The first-order chi connectivity index (χ1) is 13.7. The van der Waals surface area contributed by atoms with Crippen LogP contribution in [0.1, 0.15) is 5.56 Å². The van der Waals surface area contributed by atoms with Crippen molar-refractivity contribution in [2.24, 2.45) is 0 Å². The Balaban J connectivity index is 0.00000240. The van der Waals surface area contributed by atoms with Gasteiger partial charge in [-0.2, -0.15) is 0 Å². The highest BCUT2D eigenvalue weighted by Gasteiger charge is 2.25. The van der Waals surface area contributed by atoms with Crippen molar-refractivity contribution in [2.45, 2.75) is 16.7 Å². The van der Waals surface area contributed by atoms with Gasteiger partial charge in [0, 0.05) is 53.1 Å². The fourth-order valence-corrected chi connectivity index (χ4v) is 5.39. The molecule has 1 heterocycles. The largest absolute Gasteiger partial charge is 0.338 e. The van der Waals surface area contributed by atoms with Crippen LogP contribution in [0.4, 0.5) is 11.4 Å². The van der Waals surface area contributed by atoms with Crippen LogP contribution >= 0.6 is 47.4 Å². The van der Waals surface area contributed by atoms with E-state index in [4.69, 9.17) is 23.2 Å². The zero-order chi connectivity index (χ0) is 19.5. The van der Waals surface area contributed by atoms with E-state index in [-0.39, 0.29) is 12.4 Å². The number of benzene rings is 3. The fraction of sp³-hybridized carbons (Fsp3) is 0.304. The van der Waals surface area contributed by atoms with Gasteiger partial charge in [-0.15, -0.1) is 35.6 Å². The Bertz CT molecular complexity index is 973. The summed E-state index contributed by atoms with van der Waals surface area (Å²) in [7, 11) is 0. The maximum Gasteiger partial charge on any atom is 0.0632 e. The van der Waals surface area contributed by atoms with E-state index in [0.717, 1.165) is 26.2 Å². The summed E-state index contributed by atoms with van der Waals surface area (Å²) in [5, 5.41) is 2.59.